The Bertz CT molecular complexity index is 702. The van der Waals surface area contributed by atoms with Gasteiger partial charge >= 0.3 is 0 Å². The molecule has 0 spiro atoms. The number of benzene rings is 2. The molecule has 0 heterocycles. The first kappa shape index (κ1) is 15.5. The first-order valence-corrected chi connectivity index (χ1v) is 7.80. The molecule has 1 aliphatic rings. The largest absolute Gasteiger partial charge is 0.492 e. The number of ether oxygens (including phenoxy) is 1. The topological polar surface area (TPSA) is 55.6 Å². The smallest absolute Gasteiger partial charge is 0.273 e. The molecule has 0 saturated carbocycles. The van der Waals surface area contributed by atoms with E-state index in [0.29, 0.717) is 18.4 Å². The van der Waals surface area contributed by atoms with E-state index >= 15 is 0 Å². The van der Waals surface area contributed by atoms with Crippen LogP contribution < -0.4 is 4.74 Å². The molecule has 0 bridgehead atoms. The van der Waals surface area contributed by atoms with Crippen LogP contribution in [0, 0.1) is 10.1 Å². The van der Waals surface area contributed by atoms with E-state index in [4.69, 9.17) is 4.74 Å². The first-order chi connectivity index (χ1) is 11.1. The molecule has 23 heavy (non-hydrogen) atoms. The number of fused-ring (bicyclic) bond motifs is 1. The third-order valence-electron chi connectivity index (χ3n) is 4.37. The van der Waals surface area contributed by atoms with Crippen LogP contribution >= 0.6 is 0 Å². The number of nitrogens with zero attached hydrogens (tertiary/aromatic N) is 2. The van der Waals surface area contributed by atoms with E-state index < -0.39 is 4.92 Å². The van der Waals surface area contributed by atoms with Crippen molar-refractivity contribution in [2.75, 3.05) is 20.2 Å². The zero-order valence-electron chi connectivity index (χ0n) is 13.1. The molecular formula is C18H20N2O3. The molecule has 3 rings (SSSR count). The Kier molecular flexibility index (Phi) is 4.57. The SMILES string of the molecule is CN(CCOc1cccc([N+](=O)[O-])c1)C1CCc2ccccc21. The second kappa shape index (κ2) is 6.79. The maximum atomic E-state index is 10.8. The normalized spacial score (nSPS) is 16.3. The Morgan fingerprint density at radius 2 is 2.09 bits per heavy atom. The van der Waals surface area contributed by atoms with Crippen LogP contribution in [0.1, 0.15) is 23.6 Å². The van der Waals surface area contributed by atoms with Gasteiger partial charge in [-0.3, -0.25) is 15.0 Å². The number of nitro groups is 1. The van der Waals surface area contributed by atoms with E-state index in [2.05, 4.69) is 36.2 Å². The van der Waals surface area contributed by atoms with Crippen molar-refractivity contribution in [2.24, 2.45) is 0 Å². The predicted octanol–water partition coefficient (Wildman–Crippen LogP) is 3.59. The van der Waals surface area contributed by atoms with Crippen molar-refractivity contribution in [1.29, 1.82) is 0 Å². The van der Waals surface area contributed by atoms with Gasteiger partial charge in [0, 0.05) is 18.7 Å². The minimum atomic E-state index is -0.408. The number of non-ortho nitro benzene ring substituents is 1. The summed E-state index contributed by atoms with van der Waals surface area (Å²) in [5.41, 5.74) is 2.90. The van der Waals surface area contributed by atoms with E-state index in [0.717, 1.165) is 19.4 Å². The van der Waals surface area contributed by atoms with E-state index in [1.807, 2.05) is 0 Å². The number of nitro benzene ring substituents is 1. The maximum Gasteiger partial charge on any atom is 0.273 e. The van der Waals surface area contributed by atoms with E-state index in [-0.39, 0.29) is 5.69 Å². The van der Waals surface area contributed by atoms with Gasteiger partial charge in [0.2, 0.25) is 0 Å². The Balaban J connectivity index is 1.55. The molecule has 120 valence electrons. The van der Waals surface area contributed by atoms with Crippen molar-refractivity contribution < 1.29 is 9.66 Å². The van der Waals surface area contributed by atoms with Gasteiger partial charge in [0.1, 0.15) is 12.4 Å². The lowest BCUT2D eigenvalue weighted by Crippen LogP contribution is -2.27. The predicted molar refractivity (Wildman–Crippen MR) is 88.7 cm³/mol. The minimum Gasteiger partial charge on any atom is -0.492 e. The summed E-state index contributed by atoms with van der Waals surface area (Å²) in [5, 5.41) is 10.8. The lowest BCUT2D eigenvalue weighted by atomic mass is 10.1. The highest BCUT2D eigenvalue weighted by atomic mass is 16.6. The molecule has 2 aromatic carbocycles. The zero-order chi connectivity index (χ0) is 16.2. The molecule has 0 fully saturated rings. The molecular weight excluding hydrogens is 292 g/mol. The molecule has 2 aromatic rings. The Labute approximate surface area is 135 Å². The maximum absolute atomic E-state index is 10.8. The molecule has 0 radical (unpaired) electrons. The zero-order valence-corrected chi connectivity index (χ0v) is 13.1. The van der Waals surface area contributed by atoms with Crippen molar-refractivity contribution in [3.8, 4) is 5.75 Å². The van der Waals surface area contributed by atoms with Gasteiger partial charge in [-0.1, -0.05) is 30.3 Å². The van der Waals surface area contributed by atoms with Crippen LogP contribution in [-0.2, 0) is 6.42 Å². The van der Waals surface area contributed by atoms with Gasteiger partial charge in [0.05, 0.1) is 11.0 Å². The molecule has 0 aliphatic heterocycles. The van der Waals surface area contributed by atoms with E-state index in [9.17, 15) is 10.1 Å². The lowest BCUT2D eigenvalue weighted by molar-refractivity contribution is -0.384. The van der Waals surface area contributed by atoms with Crippen molar-refractivity contribution in [3.63, 3.8) is 0 Å². The highest BCUT2D eigenvalue weighted by molar-refractivity contribution is 5.38. The summed E-state index contributed by atoms with van der Waals surface area (Å²) in [4.78, 5) is 12.7. The summed E-state index contributed by atoms with van der Waals surface area (Å²) in [5.74, 6) is 0.541. The number of aryl methyl sites for hydroxylation is 1. The Morgan fingerprint density at radius 3 is 2.91 bits per heavy atom. The summed E-state index contributed by atoms with van der Waals surface area (Å²) in [6.45, 7) is 1.29. The van der Waals surface area contributed by atoms with Crippen LogP contribution in [0.3, 0.4) is 0 Å². The van der Waals surface area contributed by atoms with Crippen molar-refractivity contribution in [2.45, 2.75) is 18.9 Å². The fraction of sp³-hybridized carbons (Fsp3) is 0.333. The molecule has 1 atom stereocenters. The molecule has 1 aliphatic carbocycles. The Morgan fingerprint density at radius 1 is 1.26 bits per heavy atom. The number of likely N-dealkylation sites (N-methyl/N-ethyl adjacent to an activating group) is 1. The Hall–Kier alpha value is -2.40. The van der Waals surface area contributed by atoms with Gasteiger partial charge in [0.15, 0.2) is 0 Å². The highest BCUT2D eigenvalue weighted by Gasteiger charge is 2.25. The van der Waals surface area contributed by atoms with Crippen molar-refractivity contribution in [1.82, 2.24) is 4.90 Å². The monoisotopic (exact) mass is 312 g/mol. The fourth-order valence-electron chi connectivity index (χ4n) is 3.14. The molecule has 5 nitrogen and oxygen atoms in total. The molecule has 0 saturated heterocycles. The van der Waals surface area contributed by atoms with Crippen LogP contribution in [0.15, 0.2) is 48.5 Å². The molecule has 5 heteroatoms. The van der Waals surface area contributed by atoms with Crippen LogP contribution in [0.5, 0.6) is 5.75 Å². The standard InChI is InChI=1S/C18H20N2O3/c1-19(18-10-9-14-5-2-3-8-17(14)18)11-12-23-16-7-4-6-15(13-16)20(21)22/h2-8,13,18H,9-12H2,1H3. The van der Waals surface area contributed by atoms with Crippen LogP contribution in [-0.4, -0.2) is 30.0 Å². The summed E-state index contributed by atoms with van der Waals surface area (Å²) in [7, 11) is 2.10. The van der Waals surface area contributed by atoms with Gasteiger partial charge in [-0.15, -0.1) is 0 Å². The van der Waals surface area contributed by atoms with E-state index in [1.165, 1.54) is 23.3 Å². The summed E-state index contributed by atoms with van der Waals surface area (Å²) < 4.78 is 5.67. The summed E-state index contributed by atoms with van der Waals surface area (Å²) in [6, 6.07) is 15.3. The van der Waals surface area contributed by atoms with Gasteiger partial charge in [-0.05, 0) is 37.1 Å². The van der Waals surface area contributed by atoms with Gasteiger partial charge in [0.25, 0.3) is 5.69 Å². The lowest BCUT2D eigenvalue weighted by Gasteiger charge is -2.25. The second-order valence-electron chi connectivity index (χ2n) is 5.84. The highest BCUT2D eigenvalue weighted by Crippen LogP contribution is 2.34. The number of rotatable bonds is 6. The van der Waals surface area contributed by atoms with Gasteiger partial charge < -0.3 is 4.74 Å². The second-order valence-corrected chi connectivity index (χ2v) is 5.84. The van der Waals surface area contributed by atoms with Crippen molar-refractivity contribution in [3.05, 3.63) is 69.8 Å². The minimum absolute atomic E-state index is 0.0561. The number of hydrogen-bond donors (Lipinski definition) is 0. The fourth-order valence-corrected chi connectivity index (χ4v) is 3.14. The van der Waals surface area contributed by atoms with E-state index in [1.54, 1.807) is 12.1 Å². The molecule has 1 unspecified atom stereocenters. The van der Waals surface area contributed by atoms with Crippen molar-refractivity contribution >= 4 is 5.69 Å². The first-order valence-electron chi connectivity index (χ1n) is 7.80. The van der Waals surface area contributed by atoms with Crippen LogP contribution in [0.4, 0.5) is 5.69 Å². The average Bonchev–Trinajstić information content (AvgIpc) is 2.99. The average molecular weight is 312 g/mol. The third kappa shape index (κ3) is 3.51. The van der Waals surface area contributed by atoms with Gasteiger partial charge in [-0.25, -0.2) is 0 Å². The molecule has 0 N–H and O–H groups in total. The van der Waals surface area contributed by atoms with Crippen LogP contribution in [0.2, 0.25) is 0 Å². The van der Waals surface area contributed by atoms with Crippen LogP contribution in [0.25, 0.3) is 0 Å². The number of hydrogen-bond acceptors (Lipinski definition) is 4. The summed E-state index contributed by atoms with van der Waals surface area (Å²) in [6.07, 6.45) is 2.25. The third-order valence-corrected chi connectivity index (χ3v) is 4.37. The van der Waals surface area contributed by atoms with Gasteiger partial charge in [-0.2, -0.15) is 0 Å². The molecule has 0 amide bonds. The quantitative estimate of drug-likeness (QED) is 0.604. The summed E-state index contributed by atoms with van der Waals surface area (Å²) >= 11 is 0. The molecule has 0 aromatic heterocycles.